The standard InChI is InChI=1S/C14H20BrClFN/c1-3-14(4-2)18(6-5-16)10-11-7-12(15)9-13(17)8-11/h7-9,14H,3-6,10H2,1-2H3. The van der Waals surface area contributed by atoms with Crippen LogP contribution in [-0.4, -0.2) is 23.4 Å². The van der Waals surface area contributed by atoms with Gasteiger partial charge in [0.05, 0.1) is 0 Å². The monoisotopic (exact) mass is 335 g/mol. The fraction of sp³-hybridized carbons (Fsp3) is 0.571. The smallest absolute Gasteiger partial charge is 0.124 e. The molecule has 0 fully saturated rings. The van der Waals surface area contributed by atoms with Gasteiger partial charge >= 0.3 is 0 Å². The minimum Gasteiger partial charge on any atom is -0.295 e. The van der Waals surface area contributed by atoms with Crippen molar-refractivity contribution in [2.75, 3.05) is 12.4 Å². The second-order valence-corrected chi connectivity index (χ2v) is 5.70. The van der Waals surface area contributed by atoms with Gasteiger partial charge in [-0.3, -0.25) is 4.90 Å². The molecule has 0 radical (unpaired) electrons. The van der Waals surface area contributed by atoms with E-state index in [1.54, 1.807) is 6.07 Å². The molecule has 0 bridgehead atoms. The van der Waals surface area contributed by atoms with Crippen LogP contribution in [0.4, 0.5) is 4.39 Å². The Morgan fingerprint density at radius 1 is 1.28 bits per heavy atom. The normalized spacial score (nSPS) is 11.5. The number of halogens is 3. The summed E-state index contributed by atoms with van der Waals surface area (Å²) in [5.41, 5.74) is 0.985. The van der Waals surface area contributed by atoms with Crippen molar-refractivity contribution in [2.24, 2.45) is 0 Å². The molecule has 0 N–H and O–H groups in total. The lowest BCUT2D eigenvalue weighted by molar-refractivity contribution is 0.188. The minimum atomic E-state index is -0.199. The topological polar surface area (TPSA) is 3.24 Å². The van der Waals surface area contributed by atoms with Crippen LogP contribution in [0.1, 0.15) is 32.3 Å². The van der Waals surface area contributed by atoms with E-state index in [2.05, 4.69) is 34.7 Å². The summed E-state index contributed by atoms with van der Waals surface area (Å²) in [6, 6.07) is 5.54. The SMILES string of the molecule is CCC(CC)N(CCCl)Cc1cc(F)cc(Br)c1. The fourth-order valence-corrected chi connectivity index (χ4v) is 2.97. The number of hydrogen-bond donors (Lipinski definition) is 0. The molecule has 0 spiro atoms. The average molecular weight is 337 g/mol. The van der Waals surface area contributed by atoms with E-state index < -0.39 is 0 Å². The average Bonchev–Trinajstić information content (AvgIpc) is 2.29. The maximum Gasteiger partial charge on any atom is 0.124 e. The predicted octanol–water partition coefficient (Wildman–Crippen LogP) is 4.82. The zero-order chi connectivity index (χ0) is 13.5. The molecule has 0 aliphatic heterocycles. The Kier molecular flexibility index (Phi) is 7.20. The van der Waals surface area contributed by atoms with Crippen LogP contribution >= 0.6 is 27.5 Å². The van der Waals surface area contributed by atoms with Crippen molar-refractivity contribution < 1.29 is 4.39 Å². The van der Waals surface area contributed by atoms with E-state index in [4.69, 9.17) is 11.6 Å². The highest BCUT2D eigenvalue weighted by molar-refractivity contribution is 9.10. The first-order chi connectivity index (χ1) is 8.60. The first-order valence-electron chi connectivity index (χ1n) is 6.35. The molecule has 0 heterocycles. The van der Waals surface area contributed by atoms with Crippen LogP contribution in [0.5, 0.6) is 0 Å². The fourth-order valence-electron chi connectivity index (χ4n) is 2.24. The third-order valence-corrected chi connectivity index (χ3v) is 3.77. The van der Waals surface area contributed by atoms with Gasteiger partial charge in [0.2, 0.25) is 0 Å². The van der Waals surface area contributed by atoms with E-state index in [-0.39, 0.29) is 5.82 Å². The highest BCUT2D eigenvalue weighted by Crippen LogP contribution is 2.19. The lowest BCUT2D eigenvalue weighted by Crippen LogP contribution is -2.35. The maximum absolute atomic E-state index is 13.4. The molecule has 1 aromatic rings. The minimum absolute atomic E-state index is 0.199. The number of rotatable bonds is 7. The van der Waals surface area contributed by atoms with Crippen molar-refractivity contribution in [3.8, 4) is 0 Å². The molecule has 0 saturated heterocycles. The quantitative estimate of drug-likeness (QED) is 0.645. The molecular formula is C14H20BrClFN. The van der Waals surface area contributed by atoms with Gasteiger partial charge in [0.25, 0.3) is 0 Å². The van der Waals surface area contributed by atoms with E-state index >= 15 is 0 Å². The summed E-state index contributed by atoms with van der Waals surface area (Å²) in [5.74, 6) is 0.405. The van der Waals surface area contributed by atoms with E-state index in [1.165, 1.54) is 6.07 Å². The Hall–Kier alpha value is -0.120. The second-order valence-electron chi connectivity index (χ2n) is 4.41. The molecule has 4 heteroatoms. The highest BCUT2D eigenvalue weighted by atomic mass is 79.9. The molecule has 1 aromatic carbocycles. The van der Waals surface area contributed by atoms with Crippen LogP contribution in [0, 0.1) is 5.82 Å². The Bertz CT molecular complexity index is 349. The summed E-state index contributed by atoms with van der Waals surface area (Å²) in [4.78, 5) is 2.33. The van der Waals surface area contributed by atoms with E-state index in [1.807, 2.05) is 6.07 Å². The zero-order valence-electron chi connectivity index (χ0n) is 10.9. The third-order valence-electron chi connectivity index (χ3n) is 3.14. The van der Waals surface area contributed by atoms with Crippen molar-refractivity contribution in [3.63, 3.8) is 0 Å². The first-order valence-corrected chi connectivity index (χ1v) is 7.68. The lowest BCUT2D eigenvalue weighted by atomic mass is 10.1. The van der Waals surface area contributed by atoms with Crippen LogP contribution in [0.2, 0.25) is 0 Å². The van der Waals surface area contributed by atoms with Crippen LogP contribution < -0.4 is 0 Å². The summed E-state index contributed by atoms with van der Waals surface area (Å²) in [5, 5.41) is 0. The molecule has 0 amide bonds. The summed E-state index contributed by atoms with van der Waals surface area (Å²) in [7, 11) is 0. The molecule has 1 rings (SSSR count). The molecule has 0 aliphatic rings. The molecule has 0 atom stereocenters. The van der Waals surface area contributed by atoms with Gasteiger partial charge in [-0.05, 0) is 36.6 Å². The van der Waals surface area contributed by atoms with E-state index in [9.17, 15) is 4.39 Å². The molecule has 102 valence electrons. The summed E-state index contributed by atoms with van der Waals surface area (Å²) in [6.07, 6.45) is 2.17. The Morgan fingerprint density at radius 2 is 1.94 bits per heavy atom. The summed E-state index contributed by atoms with van der Waals surface area (Å²) < 4.78 is 14.1. The van der Waals surface area contributed by atoms with Crippen LogP contribution in [-0.2, 0) is 6.54 Å². The summed E-state index contributed by atoms with van der Waals surface area (Å²) >= 11 is 9.19. The van der Waals surface area contributed by atoms with Crippen LogP contribution in [0.25, 0.3) is 0 Å². The van der Waals surface area contributed by atoms with E-state index in [0.717, 1.165) is 36.0 Å². The van der Waals surface area contributed by atoms with Crippen molar-refractivity contribution in [2.45, 2.75) is 39.3 Å². The van der Waals surface area contributed by atoms with Gasteiger partial charge in [-0.25, -0.2) is 4.39 Å². The largest absolute Gasteiger partial charge is 0.295 e. The van der Waals surface area contributed by atoms with Gasteiger partial charge in [0, 0.05) is 29.5 Å². The molecule has 0 saturated carbocycles. The molecule has 0 unspecified atom stereocenters. The van der Waals surface area contributed by atoms with Gasteiger partial charge in [0.15, 0.2) is 0 Å². The molecule has 0 aliphatic carbocycles. The molecular weight excluding hydrogens is 317 g/mol. The number of nitrogens with zero attached hydrogens (tertiary/aromatic N) is 1. The highest BCUT2D eigenvalue weighted by Gasteiger charge is 2.15. The van der Waals surface area contributed by atoms with Gasteiger partial charge in [-0.2, -0.15) is 0 Å². The maximum atomic E-state index is 13.4. The van der Waals surface area contributed by atoms with Gasteiger partial charge in [-0.1, -0.05) is 29.8 Å². The molecule has 18 heavy (non-hydrogen) atoms. The third kappa shape index (κ3) is 4.87. The Labute approximate surface area is 122 Å². The summed E-state index contributed by atoms with van der Waals surface area (Å²) in [6.45, 7) is 5.94. The Morgan fingerprint density at radius 3 is 2.44 bits per heavy atom. The molecule has 1 nitrogen and oxygen atoms in total. The zero-order valence-corrected chi connectivity index (χ0v) is 13.3. The number of benzene rings is 1. The molecule has 0 aromatic heterocycles. The van der Waals surface area contributed by atoms with Crippen molar-refractivity contribution in [3.05, 3.63) is 34.1 Å². The predicted molar refractivity (Wildman–Crippen MR) is 79.6 cm³/mol. The number of alkyl halides is 1. The van der Waals surface area contributed by atoms with E-state index in [0.29, 0.717) is 11.9 Å². The van der Waals surface area contributed by atoms with Gasteiger partial charge < -0.3 is 0 Å². The van der Waals surface area contributed by atoms with Gasteiger partial charge in [0.1, 0.15) is 5.82 Å². The second kappa shape index (κ2) is 8.13. The van der Waals surface area contributed by atoms with Crippen molar-refractivity contribution >= 4 is 27.5 Å². The van der Waals surface area contributed by atoms with Crippen molar-refractivity contribution in [1.82, 2.24) is 4.90 Å². The first kappa shape index (κ1) is 15.9. The van der Waals surface area contributed by atoms with Crippen molar-refractivity contribution in [1.29, 1.82) is 0 Å². The Balaban J connectivity index is 2.81. The lowest BCUT2D eigenvalue weighted by Gasteiger charge is -2.29. The van der Waals surface area contributed by atoms with Crippen LogP contribution in [0.15, 0.2) is 22.7 Å². The van der Waals surface area contributed by atoms with Gasteiger partial charge in [-0.15, -0.1) is 11.6 Å². The van der Waals surface area contributed by atoms with Crippen LogP contribution in [0.3, 0.4) is 0 Å². The number of hydrogen-bond acceptors (Lipinski definition) is 1.